The van der Waals surface area contributed by atoms with E-state index in [4.69, 9.17) is 9.15 Å². The quantitative estimate of drug-likeness (QED) is 0.783. The smallest absolute Gasteiger partial charge is 0.339 e. The zero-order valence-corrected chi connectivity index (χ0v) is 14.5. The van der Waals surface area contributed by atoms with Crippen LogP contribution in [-0.2, 0) is 11.2 Å². The summed E-state index contributed by atoms with van der Waals surface area (Å²) in [6.45, 7) is 2.90. The van der Waals surface area contributed by atoms with Crippen LogP contribution < -0.4 is 10.4 Å². The minimum atomic E-state index is -0.426. The molecular formula is C20H20N2O4. The second-order valence-corrected chi connectivity index (χ2v) is 6.63. The Bertz CT molecular complexity index is 1000. The van der Waals surface area contributed by atoms with Crippen molar-refractivity contribution in [2.45, 2.75) is 25.9 Å². The van der Waals surface area contributed by atoms with Gasteiger partial charge in [-0.2, -0.15) is 0 Å². The molecule has 0 aliphatic carbocycles. The van der Waals surface area contributed by atoms with Crippen LogP contribution in [0.5, 0.6) is 5.75 Å². The van der Waals surface area contributed by atoms with Crippen LogP contribution in [0.2, 0.25) is 0 Å². The average molecular weight is 352 g/mol. The number of carbonyl (C=O) groups excluding carboxylic acids is 1. The van der Waals surface area contributed by atoms with Gasteiger partial charge in [0.05, 0.1) is 19.0 Å². The summed E-state index contributed by atoms with van der Waals surface area (Å²) >= 11 is 0. The van der Waals surface area contributed by atoms with Crippen LogP contribution in [0.4, 0.5) is 0 Å². The molecule has 1 N–H and O–H groups in total. The zero-order valence-electron chi connectivity index (χ0n) is 14.5. The fourth-order valence-corrected chi connectivity index (χ4v) is 3.44. The fraction of sp³-hybridized carbons (Fsp3) is 0.300. The van der Waals surface area contributed by atoms with Crippen LogP contribution in [0.3, 0.4) is 0 Å². The molecular weight excluding hydrogens is 332 g/mol. The van der Waals surface area contributed by atoms with E-state index in [0.29, 0.717) is 31.0 Å². The first kappa shape index (κ1) is 16.4. The number of benzene rings is 1. The lowest BCUT2D eigenvalue weighted by atomic mass is 10.1. The number of nitrogens with zero attached hydrogens (tertiary/aromatic N) is 1. The Kier molecular flexibility index (Phi) is 4.24. The van der Waals surface area contributed by atoms with Gasteiger partial charge in [0, 0.05) is 36.1 Å². The molecule has 0 bridgehead atoms. The Hall–Kier alpha value is -3.02. The highest BCUT2D eigenvalue weighted by atomic mass is 16.5. The first-order valence-electron chi connectivity index (χ1n) is 8.70. The van der Waals surface area contributed by atoms with Crippen LogP contribution in [-0.4, -0.2) is 35.0 Å². The van der Waals surface area contributed by atoms with Crippen LogP contribution in [0.15, 0.2) is 51.8 Å². The number of H-pyrrole nitrogens is 1. The second-order valence-electron chi connectivity index (χ2n) is 6.63. The third-order valence-electron chi connectivity index (χ3n) is 4.68. The molecule has 1 aliphatic heterocycles. The van der Waals surface area contributed by atoms with Crippen LogP contribution in [0.1, 0.15) is 17.7 Å². The summed E-state index contributed by atoms with van der Waals surface area (Å²) in [6.07, 6.45) is 2.91. The van der Waals surface area contributed by atoms with Gasteiger partial charge < -0.3 is 19.0 Å². The molecule has 1 saturated heterocycles. The van der Waals surface area contributed by atoms with E-state index in [2.05, 4.69) is 4.98 Å². The van der Waals surface area contributed by atoms with Gasteiger partial charge in [0.15, 0.2) is 0 Å². The van der Waals surface area contributed by atoms with Crippen molar-refractivity contribution in [3.63, 3.8) is 0 Å². The van der Waals surface area contributed by atoms with Gasteiger partial charge >= 0.3 is 5.63 Å². The molecule has 1 aromatic carbocycles. The normalized spacial score (nSPS) is 17.0. The predicted octanol–water partition coefficient (Wildman–Crippen LogP) is 2.65. The van der Waals surface area contributed by atoms with E-state index >= 15 is 0 Å². The number of fused-ring (bicyclic) bond motifs is 1. The minimum Gasteiger partial charge on any atom is -0.488 e. The lowest BCUT2D eigenvalue weighted by molar-refractivity contribution is -0.129. The molecule has 3 aromatic rings. The first-order chi connectivity index (χ1) is 12.6. The molecule has 1 fully saturated rings. The highest BCUT2D eigenvalue weighted by molar-refractivity contribution is 5.89. The van der Waals surface area contributed by atoms with Gasteiger partial charge in [0.1, 0.15) is 17.6 Å². The van der Waals surface area contributed by atoms with Crippen molar-refractivity contribution in [2.75, 3.05) is 13.1 Å². The molecule has 0 saturated carbocycles. The van der Waals surface area contributed by atoms with Gasteiger partial charge in [-0.05, 0) is 18.6 Å². The zero-order chi connectivity index (χ0) is 18.1. The largest absolute Gasteiger partial charge is 0.488 e. The van der Waals surface area contributed by atoms with Gasteiger partial charge in [-0.3, -0.25) is 4.79 Å². The van der Waals surface area contributed by atoms with Gasteiger partial charge in [0.2, 0.25) is 5.91 Å². The number of rotatable bonds is 4. The summed E-state index contributed by atoms with van der Waals surface area (Å²) < 4.78 is 10.8. The number of amides is 1. The number of likely N-dealkylation sites (tertiary alicyclic amines) is 1. The van der Waals surface area contributed by atoms with Gasteiger partial charge in [0.25, 0.3) is 0 Å². The molecule has 6 nitrogen and oxygen atoms in total. The minimum absolute atomic E-state index is 0.0876. The summed E-state index contributed by atoms with van der Waals surface area (Å²) in [5.74, 6) is 1.09. The maximum absolute atomic E-state index is 12.7. The summed E-state index contributed by atoms with van der Waals surface area (Å²) in [6, 6.07) is 11.0. The van der Waals surface area contributed by atoms with Gasteiger partial charge in [-0.1, -0.05) is 18.2 Å². The van der Waals surface area contributed by atoms with Crippen molar-refractivity contribution in [3.8, 4) is 5.75 Å². The van der Waals surface area contributed by atoms with Crippen LogP contribution >= 0.6 is 0 Å². The number of carbonyl (C=O) groups is 1. The molecule has 1 atom stereocenters. The van der Waals surface area contributed by atoms with Crippen LogP contribution in [0.25, 0.3) is 10.9 Å². The number of hydrogen-bond donors (Lipinski definition) is 1. The van der Waals surface area contributed by atoms with E-state index in [0.717, 1.165) is 22.9 Å². The maximum Gasteiger partial charge on any atom is 0.339 e. The molecule has 1 unspecified atom stereocenters. The van der Waals surface area contributed by atoms with E-state index < -0.39 is 5.63 Å². The Morgan fingerprint density at radius 1 is 1.35 bits per heavy atom. The molecule has 1 aliphatic rings. The molecule has 6 heteroatoms. The number of nitrogens with one attached hydrogen (secondary N) is 1. The third-order valence-corrected chi connectivity index (χ3v) is 4.68. The van der Waals surface area contributed by atoms with E-state index in [1.54, 1.807) is 13.0 Å². The number of hydrogen-bond acceptors (Lipinski definition) is 4. The third kappa shape index (κ3) is 3.35. The second kappa shape index (κ2) is 6.71. The lowest BCUT2D eigenvalue weighted by Gasteiger charge is -2.17. The average Bonchev–Trinajstić information content (AvgIpc) is 3.22. The monoisotopic (exact) mass is 352 g/mol. The van der Waals surface area contributed by atoms with Crippen molar-refractivity contribution >= 4 is 16.8 Å². The molecule has 0 spiro atoms. The predicted molar refractivity (Wildman–Crippen MR) is 97.3 cm³/mol. The summed E-state index contributed by atoms with van der Waals surface area (Å²) in [5.41, 5.74) is 1.62. The summed E-state index contributed by atoms with van der Waals surface area (Å²) in [7, 11) is 0. The van der Waals surface area contributed by atoms with Gasteiger partial charge in [-0.15, -0.1) is 0 Å². The number of ether oxygens (including phenoxy) is 1. The number of aryl methyl sites for hydroxylation is 1. The van der Waals surface area contributed by atoms with Crippen LogP contribution in [0, 0.1) is 6.92 Å². The summed E-state index contributed by atoms with van der Waals surface area (Å²) in [5, 5.41) is 1.08. The highest BCUT2D eigenvalue weighted by Gasteiger charge is 2.28. The Morgan fingerprint density at radius 2 is 2.19 bits per heavy atom. The Morgan fingerprint density at radius 3 is 3.04 bits per heavy atom. The standard InChI is InChI=1S/C20H20N2O4/c1-13-8-16(10-20(24)25-13)26-15-6-7-22(12-15)19(23)9-14-11-21-18-5-3-2-4-17(14)18/h2-5,8,10-11,15,21H,6-7,9,12H2,1H3. The molecule has 1 amide bonds. The lowest BCUT2D eigenvalue weighted by Crippen LogP contribution is -2.32. The maximum atomic E-state index is 12.7. The molecule has 134 valence electrons. The molecule has 4 rings (SSSR count). The SMILES string of the molecule is Cc1cc(OC2CCN(C(=O)Cc3c[nH]c4ccccc34)C2)cc(=O)o1. The van der Waals surface area contributed by atoms with E-state index in [-0.39, 0.29) is 12.0 Å². The van der Waals surface area contributed by atoms with Crippen molar-refractivity contribution in [3.05, 3.63) is 64.3 Å². The number of aromatic nitrogens is 1. The Balaban J connectivity index is 1.40. The number of aromatic amines is 1. The highest BCUT2D eigenvalue weighted by Crippen LogP contribution is 2.21. The van der Waals surface area contributed by atoms with E-state index in [1.807, 2.05) is 35.4 Å². The summed E-state index contributed by atoms with van der Waals surface area (Å²) in [4.78, 5) is 29.1. The van der Waals surface area contributed by atoms with E-state index in [9.17, 15) is 9.59 Å². The fourth-order valence-electron chi connectivity index (χ4n) is 3.44. The molecule has 26 heavy (non-hydrogen) atoms. The van der Waals surface area contributed by atoms with Crippen molar-refractivity contribution in [1.29, 1.82) is 0 Å². The Labute approximate surface area is 150 Å². The molecule has 2 aromatic heterocycles. The molecule has 3 heterocycles. The van der Waals surface area contributed by atoms with Crippen molar-refractivity contribution in [1.82, 2.24) is 9.88 Å². The van der Waals surface area contributed by atoms with Crippen molar-refractivity contribution in [2.24, 2.45) is 0 Å². The first-order valence-corrected chi connectivity index (χ1v) is 8.70. The van der Waals surface area contributed by atoms with Crippen molar-refractivity contribution < 1.29 is 13.9 Å². The van der Waals surface area contributed by atoms with E-state index in [1.165, 1.54) is 6.07 Å². The van der Waals surface area contributed by atoms with Gasteiger partial charge in [-0.25, -0.2) is 4.79 Å². The molecule has 0 radical (unpaired) electrons. The topological polar surface area (TPSA) is 75.5 Å². The number of para-hydroxylation sites is 1.